The molecular formula is C18H20N2O3. The lowest BCUT2D eigenvalue weighted by Gasteiger charge is -2.12. The maximum absolute atomic E-state index is 11.9. The van der Waals surface area contributed by atoms with Crippen LogP contribution in [0.5, 0.6) is 0 Å². The summed E-state index contributed by atoms with van der Waals surface area (Å²) in [6.07, 6.45) is 1.70. The molecule has 2 aromatic rings. The van der Waals surface area contributed by atoms with Gasteiger partial charge in [-0.15, -0.1) is 0 Å². The van der Waals surface area contributed by atoms with E-state index in [1.54, 1.807) is 19.1 Å². The van der Waals surface area contributed by atoms with E-state index in [1.165, 1.54) is 11.6 Å². The Hall–Kier alpha value is -2.82. The summed E-state index contributed by atoms with van der Waals surface area (Å²) in [5.74, 6) is -1.06. The first-order valence-electron chi connectivity index (χ1n) is 7.49. The van der Waals surface area contributed by atoms with Crippen molar-refractivity contribution in [2.45, 2.75) is 19.8 Å². The Morgan fingerprint density at radius 2 is 1.78 bits per heavy atom. The lowest BCUT2D eigenvalue weighted by atomic mass is 10.1. The number of anilines is 1. The van der Waals surface area contributed by atoms with Crippen LogP contribution in [0.3, 0.4) is 0 Å². The molecule has 120 valence electrons. The van der Waals surface area contributed by atoms with Gasteiger partial charge in [-0.3, -0.25) is 0 Å². The summed E-state index contributed by atoms with van der Waals surface area (Å²) in [4.78, 5) is 23.1. The summed E-state index contributed by atoms with van der Waals surface area (Å²) in [5, 5.41) is 14.6. The number of aryl methyl sites for hydroxylation is 2. The van der Waals surface area contributed by atoms with Gasteiger partial charge >= 0.3 is 12.0 Å². The van der Waals surface area contributed by atoms with E-state index < -0.39 is 12.0 Å². The predicted molar refractivity (Wildman–Crippen MR) is 89.9 cm³/mol. The van der Waals surface area contributed by atoms with Gasteiger partial charge in [0.15, 0.2) is 0 Å². The minimum atomic E-state index is -1.06. The number of nitrogens with one attached hydrogen (secondary N) is 2. The number of hydrogen-bond acceptors (Lipinski definition) is 2. The molecule has 0 fully saturated rings. The van der Waals surface area contributed by atoms with Crippen molar-refractivity contribution < 1.29 is 14.7 Å². The zero-order chi connectivity index (χ0) is 16.7. The average Bonchev–Trinajstić information content (AvgIpc) is 2.54. The molecule has 0 radical (unpaired) electrons. The van der Waals surface area contributed by atoms with Crippen LogP contribution in [0.4, 0.5) is 10.5 Å². The fraction of sp³-hybridized carbons (Fsp3) is 0.222. The summed E-state index contributed by atoms with van der Waals surface area (Å²) in [7, 11) is 0. The Morgan fingerprint density at radius 3 is 2.48 bits per heavy atom. The van der Waals surface area contributed by atoms with Gasteiger partial charge in [0, 0.05) is 6.54 Å². The molecule has 5 nitrogen and oxygen atoms in total. The van der Waals surface area contributed by atoms with E-state index in [4.69, 9.17) is 0 Å². The number of amides is 2. The van der Waals surface area contributed by atoms with Crippen molar-refractivity contribution >= 4 is 17.7 Å². The molecule has 0 aliphatic heterocycles. The van der Waals surface area contributed by atoms with Crippen LogP contribution in [0.15, 0.2) is 48.5 Å². The number of urea groups is 1. The minimum absolute atomic E-state index is 0.0874. The van der Waals surface area contributed by atoms with Crippen LogP contribution >= 0.6 is 0 Å². The molecule has 0 atom stereocenters. The van der Waals surface area contributed by atoms with Gasteiger partial charge in [-0.2, -0.15) is 0 Å². The number of hydrogen-bond donors (Lipinski definition) is 3. The number of carbonyl (C=O) groups excluding carboxylic acids is 1. The normalized spacial score (nSPS) is 10.1. The third kappa shape index (κ3) is 4.85. The van der Waals surface area contributed by atoms with E-state index in [-0.39, 0.29) is 5.56 Å². The summed E-state index contributed by atoms with van der Waals surface area (Å²) >= 11 is 0. The molecule has 0 aliphatic rings. The number of rotatable bonds is 6. The van der Waals surface area contributed by atoms with Crippen molar-refractivity contribution in [3.05, 3.63) is 65.2 Å². The topological polar surface area (TPSA) is 78.4 Å². The molecule has 0 spiro atoms. The molecule has 23 heavy (non-hydrogen) atoms. The molecule has 3 N–H and O–H groups in total. The lowest BCUT2D eigenvalue weighted by molar-refractivity contribution is 0.0698. The monoisotopic (exact) mass is 312 g/mol. The number of carbonyl (C=O) groups is 2. The van der Waals surface area contributed by atoms with Crippen LogP contribution in [-0.4, -0.2) is 23.7 Å². The molecule has 0 saturated carbocycles. The highest BCUT2D eigenvalue weighted by Crippen LogP contribution is 2.20. The Bertz CT molecular complexity index is 684. The van der Waals surface area contributed by atoms with Gasteiger partial charge in [-0.25, -0.2) is 9.59 Å². The number of para-hydroxylation sites is 1. The Balaban J connectivity index is 1.85. The molecule has 2 amide bonds. The standard InChI is InChI=1S/C18H20N2O3/c1-13-7-5-11-15(17(21)22)16(13)20-18(23)19-12-6-10-14-8-3-2-4-9-14/h2-5,7-9,11H,6,10,12H2,1H3,(H,21,22)(H2,19,20,23). The summed E-state index contributed by atoms with van der Waals surface area (Å²) in [5.41, 5.74) is 2.36. The van der Waals surface area contributed by atoms with Crippen molar-refractivity contribution in [1.82, 2.24) is 5.32 Å². The highest BCUT2D eigenvalue weighted by molar-refractivity contribution is 6.00. The van der Waals surface area contributed by atoms with E-state index in [2.05, 4.69) is 10.6 Å². The maximum Gasteiger partial charge on any atom is 0.337 e. The smallest absolute Gasteiger partial charge is 0.337 e. The second-order valence-electron chi connectivity index (χ2n) is 5.27. The SMILES string of the molecule is Cc1cccc(C(=O)O)c1NC(=O)NCCCc1ccccc1. The average molecular weight is 312 g/mol. The fourth-order valence-corrected chi connectivity index (χ4v) is 2.31. The molecule has 5 heteroatoms. The van der Waals surface area contributed by atoms with Gasteiger partial charge in [0.1, 0.15) is 0 Å². The number of carboxylic acid groups (broad SMARTS) is 1. The molecule has 0 bridgehead atoms. The van der Waals surface area contributed by atoms with Crippen molar-refractivity contribution in [2.24, 2.45) is 0 Å². The molecule has 0 aliphatic carbocycles. The van der Waals surface area contributed by atoms with Gasteiger partial charge in [0.25, 0.3) is 0 Å². The largest absolute Gasteiger partial charge is 0.478 e. The van der Waals surface area contributed by atoms with Crippen LogP contribution in [0.1, 0.15) is 27.9 Å². The number of benzene rings is 2. The molecular weight excluding hydrogens is 292 g/mol. The first kappa shape index (κ1) is 16.5. The van der Waals surface area contributed by atoms with Gasteiger partial charge in [0.05, 0.1) is 11.3 Å². The van der Waals surface area contributed by atoms with Crippen LogP contribution < -0.4 is 10.6 Å². The first-order chi connectivity index (χ1) is 11.1. The predicted octanol–water partition coefficient (Wildman–Crippen LogP) is 3.45. The van der Waals surface area contributed by atoms with Crippen molar-refractivity contribution in [3.63, 3.8) is 0 Å². The number of carboxylic acids is 1. The van der Waals surface area contributed by atoms with Crippen LogP contribution in [-0.2, 0) is 6.42 Å². The van der Waals surface area contributed by atoms with Gasteiger partial charge < -0.3 is 15.7 Å². The van der Waals surface area contributed by atoms with Crippen LogP contribution in [0, 0.1) is 6.92 Å². The Labute approximate surface area is 135 Å². The summed E-state index contributed by atoms with van der Waals surface area (Å²) < 4.78 is 0. The van der Waals surface area contributed by atoms with E-state index >= 15 is 0 Å². The van der Waals surface area contributed by atoms with E-state index in [0.29, 0.717) is 17.8 Å². The molecule has 0 heterocycles. The van der Waals surface area contributed by atoms with E-state index in [9.17, 15) is 14.7 Å². The van der Waals surface area contributed by atoms with Crippen LogP contribution in [0.2, 0.25) is 0 Å². The third-order valence-electron chi connectivity index (χ3n) is 3.51. The van der Waals surface area contributed by atoms with Gasteiger partial charge in [-0.05, 0) is 37.0 Å². The van der Waals surface area contributed by atoms with Crippen molar-refractivity contribution in [2.75, 3.05) is 11.9 Å². The number of aromatic carboxylic acids is 1. The molecule has 0 saturated heterocycles. The molecule has 2 aromatic carbocycles. The molecule has 2 rings (SSSR count). The highest BCUT2D eigenvalue weighted by atomic mass is 16.4. The second-order valence-corrected chi connectivity index (χ2v) is 5.27. The van der Waals surface area contributed by atoms with E-state index in [1.807, 2.05) is 30.3 Å². The fourth-order valence-electron chi connectivity index (χ4n) is 2.31. The van der Waals surface area contributed by atoms with Crippen molar-refractivity contribution in [3.8, 4) is 0 Å². The Morgan fingerprint density at radius 1 is 1.04 bits per heavy atom. The van der Waals surface area contributed by atoms with Gasteiger partial charge in [-0.1, -0.05) is 42.5 Å². The molecule has 0 aromatic heterocycles. The Kier molecular flexibility index (Phi) is 5.74. The second kappa shape index (κ2) is 7.98. The molecule has 0 unspecified atom stereocenters. The van der Waals surface area contributed by atoms with E-state index in [0.717, 1.165) is 12.8 Å². The highest BCUT2D eigenvalue weighted by Gasteiger charge is 2.14. The first-order valence-corrected chi connectivity index (χ1v) is 7.49. The van der Waals surface area contributed by atoms with Crippen LogP contribution in [0.25, 0.3) is 0 Å². The zero-order valence-electron chi connectivity index (χ0n) is 13.0. The minimum Gasteiger partial charge on any atom is -0.478 e. The quantitative estimate of drug-likeness (QED) is 0.715. The lowest BCUT2D eigenvalue weighted by Crippen LogP contribution is -2.30. The van der Waals surface area contributed by atoms with Gasteiger partial charge in [0.2, 0.25) is 0 Å². The van der Waals surface area contributed by atoms with Crippen molar-refractivity contribution in [1.29, 1.82) is 0 Å². The maximum atomic E-state index is 11.9. The zero-order valence-corrected chi connectivity index (χ0v) is 13.0. The third-order valence-corrected chi connectivity index (χ3v) is 3.51. The summed E-state index contributed by atoms with van der Waals surface area (Å²) in [6, 6.07) is 14.5. The summed E-state index contributed by atoms with van der Waals surface area (Å²) in [6.45, 7) is 2.28.